The van der Waals surface area contributed by atoms with E-state index in [0.29, 0.717) is 0 Å². The Kier molecular flexibility index (Phi) is 3.56. The Hall–Kier alpha value is -1.18. The number of carboxylic acids is 1. The Morgan fingerprint density at radius 2 is 2.28 bits per heavy atom. The summed E-state index contributed by atoms with van der Waals surface area (Å²) >= 11 is 0.921. The Bertz CT molecular complexity index is 572. The van der Waals surface area contributed by atoms with Gasteiger partial charge in [0.25, 0.3) is 0 Å². The second-order valence-corrected chi connectivity index (χ2v) is 6.79. The average molecular weight is 287 g/mol. The third-order valence-corrected chi connectivity index (χ3v) is 5.67. The van der Waals surface area contributed by atoms with Gasteiger partial charge in [0, 0.05) is 12.6 Å². The van der Waals surface area contributed by atoms with Gasteiger partial charge in [-0.15, -0.1) is 17.9 Å². The number of rotatable bonds is 6. The molecule has 98 valence electrons. The van der Waals surface area contributed by atoms with Gasteiger partial charge >= 0.3 is 5.97 Å². The number of nitrogens with zero attached hydrogens (tertiary/aromatic N) is 1. The number of hydrogen-bond acceptors (Lipinski definition) is 4. The summed E-state index contributed by atoms with van der Waals surface area (Å²) in [5.41, 5.74) is 0. The van der Waals surface area contributed by atoms with E-state index in [-0.39, 0.29) is 22.4 Å². The fourth-order valence-electron chi connectivity index (χ4n) is 1.72. The molecular weight excluding hydrogens is 274 g/mol. The van der Waals surface area contributed by atoms with E-state index in [1.165, 1.54) is 21.8 Å². The molecule has 1 heterocycles. The highest BCUT2D eigenvalue weighted by Gasteiger charge is 2.39. The van der Waals surface area contributed by atoms with Crippen molar-refractivity contribution in [1.82, 2.24) is 4.31 Å². The maximum atomic E-state index is 12.4. The highest BCUT2D eigenvalue weighted by molar-refractivity contribution is 7.89. The second kappa shape index (κ2) is 4.83. The predicted octanol–water partition coefficient (Wildman–Crippen LogP) is 1.79. The fourth-order valence-corrected chi connectivity index (χ4v) is 4.61. The van der Waals surface area contributed by atoms with Crippen LogP contribution >= 0.6 is 11.3 Å². The molecule has 0 aromatic carbocycles. The molecule has 0 aliphatic heterocycles. The molecule has 0 atom stereocenters. The van der Waals surface area contributed by atoms with E-state index in [0.717, 1.165) is 24.2 Å². The number of carbonyl (C=O) groups is 1. The van der Waals surface area contributed by atoms with Gasteiger partial charge in [-0.1, -0.05) is 6.08 Å². The second-order valence-electron chi connectivity index (χ2n) is 4.01. The molecule has 0 amide bonds. The van der Waals surface area contributed by atoms with E-state index >= 15 is 0 Å². The Balaban J connectivity index is 2.42. The summed E-state index contributed by atoms with van der Waals surface area (Å²) < 4.78 is 26.2. The number of carboxylic acid groups (broad SMARTS) is 1. The van der Waals surface area contributed by atoms with Crippen molar-refractivity contribution in [2.75, 3.05) is 6.54 Å². The molecule has 1 aliphatic carbocycles. The van der Waals surface area contributed by atoms with Crippen LogP contribution in [0.25, 0.3) is 0 Å². The lowest BCUT2D eigenvalue weighted by Gasteiger charge is -2.19. The first-order chi connectivity index (χ1) is 8.48. The van der Waals surface area contributed by atoms with Crippen LogP contribution in [0.4, 0.5) is 0 Å². The molecule has 1 aliphatic rings. The Labute approximate surface area is 109 Å². The molecule has 0 spiro atoms. The monoisotopic (exact) mass is 287 g/mol. The first-order valence-electron chi connectivity index (χ1n) is 5.42. The van der Waals surface area contributed by atoms with Crippen LogP contribution in [0.5, 0.6) is 0 Å². The highest BCUT2D eigenvalue weighted by atomic mass is 32.2. The van der Waals surface area contributed by atoms with Gasteiger partial charge < -0.3 is 5.11 Å². The minimum atomic E-state index is -3.74. The van der Waals surface area contributed by atoms with E-state index in [1.807, 2.05) is 0 Å². The highest BCUT2D eigenvalue weighted by Crippen LogP contribution is 2.34. The van der Waals surface area contributed by atoms with Gasteiger partial charge in [-0.25, -0.2) is 13.2 Å². The maximum absolute atomic E-state index is 12.4. The van der Waals surface area contributed by atoms with Crippen molar-refractivity contribution in [2.24, 2.45) is 0 Å². The molecule has 1 saturated carbocycles. The first-order valence-corrected chi connectivity index (χ1v) is 7.74. The van der Waals surface area contributed by atoms with Crippen LogP contribution < -0.4 is 0 Å². The molecule has 0 unspecified atom stereocenters. The van der Waals surface area contributed by atoms with Crippen molar-refractivity contribution in [3.8, 4) is 0 Å². The Morgan fingerprint density at radius 1 is 1.61 bits per heavy atom. The summed E-state index contributed by atoms with van der Waals surface area (Å²) in [6, 6.07) is 1.33. The molecular formula is C11H13NO4S2. The smallest absolute Gasteiger partial charge is 0.347 e. The molecule has 0 saturated heterocycles. The molecule has 1 aromatic rings. The first kappa shape index (κ1) is 13.3. The van der Waals surface area contributed by atoms with Crippen molar-refractivity contribution < 1.29 is 18.3 Å². The average Bonchev–Trinajstić information content (AvgIpc) is 2.99. The van der Waals surface area contributed by atoms with E-state index in [4.69, 9.17) is 5.11 Å². The largest absolute Gasteiger partial charge is 0.477 e. The van der Waals surface area contributed by atoms with Crippen molar-refractivity contribution in [1.29, 1.82) is 0 Å². The maximum Gasteiger partial charge on any atom is 0.347 e. The summed E-state index contributed by atoms with van der Waals surface area (Å²) in [5, 5.41) is 10.5. The number of sulfonamides is 1. The van der Waals surface area contributed by atoms with Crippen molar-refractivity contribution in [2.45, 2.75) is 23.8 Å². The molecule has 2 rings (SSSR count). The van der Waals surface area contributed by atoms with E-state index < -0.39 is 16.0 Å². The van der Waals surface area contributed by atoms with Crippen molar-refractivity contribution >= 4 is 27.3 Å². The zero-order valence-corrected chi connectivity index (χ0v) is 11.2. The van der Waals surface area contributed by atoms with Crippen LogP contribution in [0, 0.1) is 0 Å². The molecule has 7 heteroatoms. The summed E-state index contributed by atoms with van der Waals surface area (Å²) in [4.78, 5) is 10.8. The Morgan fingerprint density at radius 3 is 2.78 bits per heavy atom. The quantitative estimate of drug-likeness (QED) is 0.809. The number of thiophene rings is 1. The van der Waals surface area contributed by atoms with Crippen LogP contribution in [-0.4, -0.2) is 36.4 Å². The van der Waals surface area contributed by atoms with Gasteiger partial charge in [-0.2, -0.15) is 4.31 Å². The lowest BCUT2D eigenvalue weighted by Crippen LogP contribution is -2.33. The lowest BCUT2D eigenvalue weighted by atomic mass is 10.5. The third kappa shape index (κ3) is 2.33. The van der Waals surface area contributed by atoms with Gasteiger partial charge in [0.1, 0.15) is 9.77 Å². The zero-order valence-electron chi connectivity index (χ0n) is 9.57. The summed E-state index contributed by atoms with van der Waals surface area (Å²) in [7, 11) is -3.74. The molecule has 5 nitrogen and oxygen atoms in total. The van der Waals surface area contributed by atoms with Crippen LogP contribution in [-0.2, 0) is 10.0 Å². The van der Waals surface area contributed by atoms with Crippen LogP contribution in [0.15, 0.2) is 29.0 Å². The van der Waals surface area contributed by atoms with E-state index in [2.05, 4.69) is 6.58 Å². The molecule has 0 radical (unpaired) electrons. The van der Waals surface area contributed by atoms with Crippen LogP contribution in [0.1, 0.15) is 22.5 Å². The minimum absolute atomic E-state index is 0.0189. The lowest BCUT2D eigenvalue weighted by molar-refractivity contribution is 0.0698. The summed E-state index contributed by atoms with van der Waals surface area (Å²) in [5.74, 6) is -1.21. The SMILES string of the molecule is C=CCN(C1CC1)S(=O)(=O)c1ccsc1C(=O)O. The molecule has 1 fully saturated rings. The topological polar surface area (TPSA) is 74.7 Å². The third-order valence-electron chi connectivity index (χ3n) is 2.67. The molecule has 1 aromatic heterocycles. The summed E-state index contributed by atoms with van der Waals surface area (Å²) in [6.45, 7) is 3.75. The van der Waals surface area contributed by atoms with Crippen LogP contribution in [0.2, 0.25) is 0 Å². The molecule has 18 heavy (non-hydrogen) atoms. The van der Waals surface area contributed by atoms with Gasteiger partial charge in [-0.3, -0.25) is 0 Å². The molecule has 0 bridgehead atoms. The minimum Gasteiger partial charge on any atom is -0.477 e. The van der Waals surface area contributed by atoms with E-state index in [9.17, 15) is 13.2 Å². The van der Waals surface area contributed by atoms with Crippen molar-refractivity contribution in [3.63, 3.8) is 0 Å². The predicted molar refractivity (Wildman–Crippen MR) is 68.4 cm³/mol. The van der Waals surface area contributed by atoms with Gasteiger partial charge in [0.15, 0.2) is 0 Å². The van der Waals surface area contributed by atoms with Gasteiger partial charge in [-0.05, 0) is 24.3 Å². The standard InChI is InChI=1S/C11H13NO4S2/c1-2-6-12(8-3-4-8)18(15,16)9-5-7-17-10(9)11(13)14/h2,5,7-8H,1,3-4,6H2,(H,13,14). The normalized spacial score (nSPS) is 15.8. The zero-order chi connectivity index (χ0) is 13.3. The number of aromatic carboxylic acids is 1. The molecule has 1 N–H and O–H groups in total. The fraction of sp³-hybridized carbons (Fsp3) is 0.364. The summed E-state index contributed by atoms with van der Waals surface area (Å²) in [6.07, 6.45) is 3.15. The van der Waals surface area contributed by atoms with Crippen LogP contribution in [0.3, 0.4) is 0 Å². The van der Waals surface area contributed by atoms with Gasteiger partial charge in [0.05, 0.1) is 0 Å². The number of hydrogen-bond donors (Lipinski definition) is 1. The van der Waals surface area contributed by atoms with E-state index in [1.54, 1.807) is 0 Å². The van der Waals surface area contributed by atoms with Gasteiger partial charge in [0.2, 0.25) is 10.0 Å². The van der Waals surface area contributed by atoms with Crippen molar-refractivity contribution in [3.05, 3.63) is 29.0 Å².